The first-order valence-electron chi connectivity index (χ1n) is 3.71. The lowest BCUT2D eigenvalue weighted by Gasteiger charge is -2.07. The van der Waals surface area contributed by atoms with Gasteiger partial charge in [-0.05, 0) is 31.7 Å². The molecule has 1 fully saturated rings. The molecule has 2 heteroatoms. The van der Waals surface area contributed by atoms with E-state index in [2.05, 4.69) is 0 Å². The molecule has 0 bridgehead atoms. The lowest BCUT2D eigenvalue weighted by molar-refractivity contribution is 0.142. The van der Waals surface area contributed by atoms with Crippen molar-refractivity contribution < 1.29 is 4.74 Å². The molecule has 1 unspecified atom stereocenters. The van der Waals surface area contributed by atoms with Gasteiger partial charge in [0.2, 0.25) is 0 Å². The van der Waals surface area contributed by atoms with Crippen molar-refractivity contribution in [2.75, 3.05) is 19.8 Å². The van der Waals surface area contributed by atoms with Crippen LogP contribution in [-0.4, -0.2) is 19.8 Å². The second kappa shape index (κ2) is 3.85. The van der Waals surface area contributed by atoms with Gasteiger partial charge in [-0.2, -0.15) is 0 Å². The number of nitrogens with two attached hydrogens (primary N) is 1. The van der Waals surface area contributed by atoms with Crippen LogP contribution in [0.25, 0.3) is 0 Å². The van der Waals surface area contributed by atoms with Crippen molar-refractivity contribution in [1.29, 1.82) is 0 Å². The Hall–Kier alpha value is -0.0800. The van der Waals surface area contributed by atoms with Crippen LogP contribution in [0.3, 0.4) is 0 Å². The first-order chi connectivity index (χ1) is 4.43. The van der Waals surface area contributed by atoms with E-state index in [-0.39, 0.29) is 0 Å². The van der Waals surface area contributed by atoms with Gasteiger partial charge in [-0.15, -0.1) is 0 Å². The van der Waals surface area contributed by atoms with Crippen molar-refractivity contribution in [1.82, 2.24) is 0 Å². The summed E-state index contributed by atoms with van der Waals surface area (Å²) in [6, 6.07) is 0. The van der Waals surface area contributed by atoms with Gasteiger partial charge in [0, 0.05) is 13.2 Å². The van der Waals surface area contributed by atoms with Crippen molar-refractivity contribution in [2.45, 2.75) is 19.3 Å². The lowest BCUT2D eigenvalue weighted by Crippen LogP contribution is -2.14. The zero-order valence-corrected chi connectivity index (χ0v) is 5.81. The molecule has 0 radical (unpaired) electrons. The molecule has 0 aromatic heterocycles. The molecule has 0 spiro atoms. The standard InChI is InChI=1S/C7H15NO/c8-6-7-2-1-4-9-5-3-7/h7H,1-6,8H2. The number of hydrogen-bond donors (Lipinski definition) is 1. The third kappa shape index (κ3) is 2.33. The summed E-state index contributed by atoms with van der Waals surface area (Å²) < 4.78 is 5.27. The molecule has 0 amide bonds. The van der Waals surface area contributed by atoms with E-state index in [1.165, 1.54) is 12.8 Å². The summed E-state index contributed by atoms with van der Waals surface area (Å²) >= 11 is 0. The first-order valence-corrected chi connectivity index (χ1v) is 3.71. The van der Waals surface area contributed by atoms with Crippen LogP contribution in [0.15, 0.2) is 0 Å². The average Bonchev–Trinajstić information content (AvgIpc) is 2.13. The van der Waals surface area contributed by atoms with Crippen molar-refractivity contribution in [3.05, 3.63) is 0 Å². The van der Waals surface area contributed by atoms with Gasteiger partial charge >= 0.3 is 0 Å². The largest absolute Gasteiger partial charge is 0.381 e. The fraction of sp³-hybridized carbons (Fsp3) is 1.00. The summed E-state index contributed by atoms with van der Waals surface area (Å²) in [6.07, 6.45) is 3.62. The molecule has 54 valence electrons. The smallest absolute Gasteiger partial charge is 0.0469 e. The Morgan fingerprint density at radius 1 is 1.33 bits per heavy atom. The second-order valence-electron chi connectivity index (χ2n) is 2.65. The van der Waals surface area contributed by atoms with Gasteiger partial charge < -0.3 is 10.5 Å². The Balaban J connectivity index is 2.18. The summed E-state index contributed by atoms with van der Waals surface area (Å²) in [5.74, 6) is 0.729. The third-order valence-corrected chi connectivity index (χ3v) is 1.90. The van der Waals surface area contributed by atoms with Crippen LogP contribution in [0.1, 0.15) is 19.3 Å². The molecule has 0 aromatic rings. The molecule has 1 saturated heterocycles. The molecular weight excluding hydrogens is 114 g/mol. The quantitative estimate of drug-likeness (QED) is 0.567. The Kier molecular flexibility index (Phi) is 3.01. The number of ether oxygens (including phenoxy) is 1. The van der Waals surface area contributed by atoms with Crippen LogP contribution in [0.5, 0.6) is 0 Å². The Labute approximate surface area is 56.4 Å². The number of hydrogen-bond acceptors (Lipinski definition) is 2. The molecule has 2 nitrogen and oxygen atoms in total. The summed E-state index contributed by atoms with van der Waals surface area (Å²) in [7, 11) is 0. The topological polar surface area (TPSA) is 35.2 Å². The van der Waals surface area contributed by atoms with E-state index in [1.807, 2.05) is 0 Å². The summed E-state index contributed by atoms with van der Waals surface area (Å²) in [4.78, 5) is 0. The highest BCUT2D eigenvalue weighted by molar-refractivity contribution is 4.62. The van der Waals surface area contributed by atoms with Gasteiger partial charge in [-0.25, -0.2) is 0 Å². The molecule has 1 aliphatic heterocycles. The van der Waals surface area contributed by atoms with E-state index in [4.69, 9.17) is 10.5 Å². The predicted molar refractivity (Wildman–Crippen MR) is 37.2 cm³/mol. The minimum Gasteiger partial charge on any atom is -0.381 e. The summed E-state index contributed by atoms with van der Waals surface area (Å²) in [5.41, 5.74) is 5.52. The van der Waals surface area contributed by atoms with Crippen LogP contribution < -0.4 is 5.73 Å². The predicted octanol–water partition coefficient (Wildman–Crippen LogP) is 0.762. The zero-order chi connectivity index (χ0) is 6.53. The zero-order valence-electron chi connectivity index (χ0n) is 5.81. The van der Waals surface area contributed by atoms with Gasteiger partial charge in [0.1, 0.15) is 0 Å². The highest BCUT2D eigenvalue weighted by Gasteiger charge is 2.09. The van der Waals surface area contributed by atoms with Gasteiger partial charge in [-0.3, -0.25) is 0 Å². The fourth-order valence-electron chi connectivity index (χ4n) is 1.21. The maximum Gasteiger partial charge on any atom is 0.0469 e. The van der Waals surface area contributed by atoms with Crippen LogP contribution in [0.4, 0.5) is 0 Å². The van der Waals surface area contributed by atoms with Crippen molar-refractivity contribution in [3.63, 3.8) is 0 Å². The number of rotatable bonds is 1. The van der Waals surface area contributed by atoms with E-state index in [0.717, 1.165) is 32.1 Å². The molecule has 0 aromatic carbocycles. The molecule has 2 N–H and O–H groups in total. The lowest BCUT2D eigenvalue weighted by atomic mass is 10.0. The van der Waals surface area contributed by atoms with Crippen LogP contribution >= 0.6 is 0 Å². The average molecular weight is 129 g/mol. The highest BCUT2D eigenvalue weighted by Crippen LogP contribution is 2.13. The van der Waals surface area contributed by atoms with E-state index in [1.54, 1.807) is 0 Å². The van der Waals surface area contributed by atoms with Crippen molar-refractivity contribution >= 4 is 0 Å². The van der Waals surface area contributed by atoms with Crippen LogP contribution in [-0.2, 0) is 4.74 Å². The maximum absolute atomic E-state index is 5.52. The van der Waals surface area contributed by atoms with E-state index in [0.29, 0.717) is 0 Å². The van der Waals surface area contributed by atoms with Crippen LogP contribution in [0.2, 0.25) is 0 Å². The Morgan fingerprint density at radius 3 is 3.00 bits per heavy atom. The minimum absolute atomic E-state index is 0.729. The van der Waals surface area contributed by atoms with Crippen molar-refractivity contribution in [3.8, 4) is 0 Å². The molecule has 1 heterocycles. The van der Waals surface area contributed by atoms with Gasteiger partial charge in [0.05, 0.1) is 0 Å². The molecule has 1 rings (SSSR count). The molecular formula is C7H15NO. The molecule has 1 atom stereocenters. The normalized spacial score (nSPS) is 29.7. The first kappa shape index (κ1) is 7.03. The maximum atomic E-state index is 5.52. The van der Waals surface area contributed by atoms with E-state index < -0.39 is 0 Å². The van der Waals surface area contributed by atoms with Gasteiger partial charge in [0.15, 0.2) is 0 Å². The van der Waals surface area contributed by atoms with Crippen LogP contribution in [0, 0.1) is 5.92 Å². The fourth-order valence-corrected chi connectivity index (χ4v) is 1.21. The SMILES string of the molecule is NCC1CCCOCC1. The molecule has 0 aliphatic carbocycles. The van der Waals surface area contributed by atoms with Crippen molar-refractivity contribution in [2.24, 2.45) is 11.7 Å². The Bertz CT molecular complexity index is 67.3. The minimum atomic E-state index is 0.729. The summed E-state index contributed by atoms with van der Waals surface area (Å²) in [5, 5.41) is 0. The second-order valence-corrected chi connectivity index (χ2v) is 2.65. The monoisotopic (exact) mass is 129 g/mol. The highest BCUT2D eigenvalue weighted by atomic mass is 16.5. The van der Waals surface area contributed by atoms with Gasteiger partial charge in [-0.1, -0.05) is 0 Å². The molecule has 0 saturated carbocycles. The van der Waals surface area contributed by atoms with E-state index >= 15 is 0 Å². The Morgan fingerprint density at radius 2 is 2.22 bits per heavy atom. The molecule has 9 heavy (non-hydrogen) atoms. The molecule has 1 aliphatic rings. The summed E-state index contributed by atoms with van der Waals surface area (Å²) in [6.45, 7) is 2.70. The van der Waals surface area contributed by atoms with E-state index in [9.17, 15) is 0 Å². The third-order valence-electron chi connectivity index (χ3n) is 1.90. The van der Waals surface area contributed by atoms with Gasteiger partial charge in [0.25, 0.3) is 0 Å².